The van der Waals surface area contributed by atoms with Crippen LogP contribution in [0, 0.1) is 22.0 Å². The minimum absolute atomic E-state index is 0.0742. The summed E-state index contributed by atoms with van der Waals surface area (Å²) in [6.45, 7) is 8.26. The van der Waals surface area contributed by atoms with Crippen LogP contribution in [0.2, 0.25) is 0 Å². The monoisotopic (exact) mass is 385 g/mol. The lowest BCUT2D eigenvalue weighted by Gasteiger charge is -2.15. The van der Waals surface area contributed by atoms with Gasteiger partial charge in [-0.2, -0.15) is 5.10 Å². The van der Waals surface area contributed by atoms with E-state index in [1.54, 1.807) is 0 Å². The van der Waals surface area contributed by atoms with Gasteiger partial charge in [0.1, 0.15) is 12.4 Å². The molecule has 3 rings (SSSR count). The maximum atomic E-state index is 12.2. The van der Waals surface area contributed by atoms with Crippen molar-refractivity contribution >= 4 is 17.3 Å². The largest absolute Gasteiger partial charge is 0.326 e. The van der Waals surface area contributed by atoms with Crippen molar-refractivity contribution in [3.05, 3.63) is 52.3 Å². The molecule has 1 N–H and O–H groups in total. The predicted octanol–water partition coefficient (Wildman–Crippen LogP) is 2.95. The molecule has 1 saturated heterocycles. The fourth-order valence-electron chi connectivity index (χ4n) is 3.53. The number of hydrogen-bond donors (Lipinski definition) is 1. The van der Waals surface area contributed by atoms with E-state index in [0.29, 0.717) is 6.54 Å². The van der Waals surface area contributed by atoms with Gasteiger partial charge in [0.15, 0.2) is 0 Å². The number of aromatic nitrogens is 2. The van der Waals surface area contributed by atoms with Crippen molar-refractivity contribution in [1.29, 1.82) is 0 Å². The van der Waals surface area contributed by atoms with Gasteiger partial charge >= 0.3 is 5.69 Å². The standard InChI is InChI=1S/C20H27N5O3/c1-15-12-23(13-16(15)2)8-6-17-4-3-5-18(10-17)22-20(26)7-9-24-14-19(11-21-24)25(27)28/h3-5,10-11,14-16H,6-9,12-13H2,1-2H3,(H,22,26). The third-order valence-corrected chi connectivity index (χ3v) is 5.39. The normalized spacial score (nSPS) is 19.6. The lowest BCUT2D eigenvalue weighted by molar-refractivity contribution is -0.385. The highest BCUT2D eigenvalue weighted by molar-refractivity contribution is 5.90. The van der Waals surface area contributed by atoms with Gasteiger partial charge in [0.05, 0.1) is 4.92 Å². The van der Waals surface area contributed by atoms with Crippen molar-refractivity contribution in [2.45, 2.75) is 33.2 Å². The van der Waals surface area contributed by atoms with Gasteiger partial charge in [-0.25, -0.2) is 0 Å². The second-order valence-corrected chi connectivity index (χ2v) is 7.68. The number of aryl methyl sites for hydroxylation is 1. The molecule has 0 aliphatic carbocycles. The Morgan fingerprint density at radius 2 is 2.04 bits per heavy atom. The molecule has 1 fully saturated rings. The first-order chi connectivity index (χ1) is 13.4. The molecule has 1 aliphatic rings. The van der Waals surface area contributed by atoms with Gasteiger partial charge < -0.3 is 10.2 Å². The lowest BCUT2D eigenvalue weighted by atomic mass is 10.0. The van der Waals surface area contributed by atoms with Gasteiger partial charge in [-0.05, 0) is 36.0 Å². The number of carbonyl (C=O) groups excluding carboxylic acids is 1. The first-order valence-electron chi connectivity index (χ1n) is 9.68. The van der Waals surface area contributed by atoms with E-state index in [2.05, 4.69) is 35.2 Å². The smallest absolute Gasteiger partial charge is 0.306 e. The SMILES string of the molecule is CC1CN(CCc2cccc(NC(=O)CCn3cc([N+](=O)[O-])cn3)c2)CC1C. The average Bonchev–Trinajstić information content (AvgIpc) is 3.26. The fraction of sp³-hybridized carbons (Fsp3) is 0.500. The molecule has 1 aromatic carbocycles. The van der Waals surface area contributed by atoms with E-state index in [9.17, 15) is 14.9 Å². The Balaban J connectivity index is 1.46. The molecule has 2 heterocycles. The van der Waals surface area contributed by atoms with Crippen molar-refractivity contribution in [1.82, 2.24) is 14.7 Å². The molecule has 2 atom stereocenters. The molecule has 28 heavy (non-hydrogen) atoms. The molecule has 2 unspecified atom stereocenters. The van der Waals surface area contributed by atoms with Crippen LogP contribution in [0.25, 0.3) is 0 Å². The van der Waals surface area contributed by atoms with Crippen LogP contribution >= 0.6 is 0 Å². The Kier molecular flexibility index (Phi) is 6.41. The summed E-state index contributed by atoms with van der Waals surface area (Å²) in [5, 5.41) is 17.5. The molecular formula is C20H27N5O3. The molecule has 1 amide bonds. The molecule has 1 aromatic heterocycles. The van der Waals surface area contributed by atoms with Crippen LogP contribution in [0.1, 0.15) is 25.8 Å². The Hall–Kier alpha value is -2.74. The van der Waals surface area contributed by atoms with E-state index in [1.165, 1.54) is 22.6 Å². The minimum atomic E-state index is -0.501. The van der Waals surface area contributed by atoms with Crippen molar-refractivity contribution in [2.75, 3.05) is 25.0 Å². The molecule has 1 aliphatic heterocycles. The summed E-state index contributed by atoms with van der Waals surface area (Å²) in [6.07, 6.45) is 3.67. The highest BCUT2D eigenvalue weighted by atomic mass is 16.6. The molecule has 2 aromatic rings. The number of nitrogens with one attached hydrogen (secondary N) is 1. The highest BCUT2D eigenvalue weighted by Crippen LogP contribution is 2.22. The second kappa shape index (κ2) is 8.97. The number of benzene rings is 1. The molecule has 0 radical (unpaired) electrons. The van der Waals surface area contributed by atoms with Crippen LogP contribution in [-0.4, -0.2) is 45.1 Å². The number of nitrogens with zero attached hydrogens (tertiary/aromatic N) is 4. The van der Waals surface area contributed by atoms with Crippen LogP contribution in [0.15, 0.2) is 36.7 Å². The van der Waals surface area contributed by atoms with E-state index in [4.69, 9.17) is 0 Å². The number of hydrogen-bond acceptors (Lipinski definition) is 5. The maximum absolute atomic E-state index is 12.2. The zero-order chi connectivity index (χ0) is 20.1. The fourth-order valence-corrected chi connectivity index (χ4v) is 3.53. The van der Waals surface area contributed by atoms with Crippen LogP contribution in [0.4, 0.5) is 11.4 Å². The van der Waals surface area contributed by atoms with Crippen LogP contribution in [0.5, 0.6) is 0 Å². The first kappa shape index (κ1) is 20.0. The van der Waals surface area contributed by atoms with Crippen LogP contribution in [-0.2, 0) is 17.8 Å². The minimum Gasteiger partial charge on any atom is -0.326 e. The van der Waals surface area contributed by atoms with Crippen LogP contribution in [0.3, 0.4) is 0 Å². The predicted molar refractivity (Wildman–Crippen MR) is 107 cm³/mol. The van der Waals surface area contributed by atoms with Crippen molar-refractivity contribution in [2.24, 2.45) is 11.8 Å². The maximum Gasteiger partial charge on any atom is 0.306 e. The zero-order valence-electron chi connectivity index (χ0n) is 16.4. The Morgan fingerprint density at radius 3 is 2.71 bits per heavy atom. The van der Waals surface area contributed by atoms with Gasteiger partial charge in [0, 0.05) is 38.3 Å². The number of nitro groups is 1. The van der Waals surface area contributed by atoms with E-state index < -0.39 is 4.92 Å². The number of carbonyl (C=O) groups is 1. The van der Waals surface area contributed by atoms with Gasteiger partial charge in [-0.1, -0.05) is 26.0 Å². The first-order valence-corrected chi connectivity index (χ1v) is 9.68. The van der Waals surface area contributed by atoms with Gasteiger partial charge in [0.2, 0.25) is 5.91 Å². The Labute approximate surface area is 164 Å². The molecule has 8 nitrogen and oxygen atoms in total. The summed E-state index contributed by atoms with van der Waals surface area (Å²) in [6, 6.07) is 7.93. The van der Waals surface area contributed by atoms with E-state index in [-0.39, 0.29) is 18.0 Å². The van der Waals surface area contributed by atoms with E-state index in [0.717, 1.165) is 43.6 Å². The van der Waals surface area contributed by atoms with Crippen LogP contribution < -0.4 is 5.32 Å². The molecule has 0 spiro atoms. The lowest BCUT2D eigenvalue weighted by Crippen LogP contribution is -2.23. The summed E-state index contributed by atoms with van der Waals surface area (Å²) in [4.78, 5) is 24.8. The molecule has 8 heteroatoms. The second-order valence-electron chi connectivity index (χ2n) is 7.68. The van der Waals surface area contributed by atoms with Gasteiger partial charge in [-0.3, -0.25) is 19.6 Å². The summed E-state index contributed by atoms with van der Waals surface area (Å²) >= 11 is 0. The third kappa shape index (κ3) is 5.39. The highest BCUT2D eigenvalue weighted by Gasteiger charge is 2.25. The molecule has 0 bridgehead atoms. The van der Waals surface area contributed by atoms with Crippen molar-refractivity contribution < 1.29 is 9.72 Å². The van der Waals surface area contributed by atoms with Gasteiger partial charge in [0.25, 0.3) is 0 Å². The Bertz CT molecular complexity index is 825. The number of rotatable bonds is 8. The van der Waals surface area contributed by atoms with E-state index >= 15 is 0 Å². The average molecular weight is 385 g/mol. The number of anilines is 1. The van der Waals surface area contributed by atoms with Crippen molar-refractivity contribution in [3.8, 4) is 0 Å². The van der Waals surface area contributed by atoms with Gasteiger partial charge in [-0.15, -0.1) is 0 Å². The van der Waals surface area contributed by atoms with E-state index in [1.807, 2.05) is 18.2 Å². The number of amides is 1. The Morgan fingerprint density at radius 1 is 1.29 bits per heavy atom. The molecule has 150 valence electrons. The third-order valence-electron chi connectivity index (χ3n) is 5.39. The summed E-state index contributed by atoms with van der Waals surface area (Å²) in [7, 11) is 0. The topological polar surface area (TPSA) is 93.3 Å². The zero-order valence-corrected chi connectivity index (χ0v) is 16.4. The molecule has 0 saturated carbocycles. The summed E-state index contributed by atoms with van der Waals surface area (Å²) < 4.78 is 1.41. The van der Waals surface area contributed by atoms with Crippen molar-refractivity contribution in [3.63, 3.8) is 0 Å². The summed E-state index contributed by atoms with van der Waals surface area (Å²) in [5.74, 6) is 1.36. The molecular weight excluding hydrogens is 358 g/mol. The summed E-state index contributed by atoms with van der Waals surface area (Å²) in [5.41, 5.74) is 1.90. The number of likely N-dealkylation sites (tertiary alicyclic amines) is 1. The quantitative estimate of drug-likeness (QED) is 0.557.